The number of piperidine rings is 1. The Morgan fingerprint density at radius 1 is 1.10 bits per heavy atom. The van der Waals surface area contributed by atoms with E-state index in [9.17, 15) is 19.5 Å². The molecule has 1 unspecified atom stereocenters. The topological polar surface area (TPSA) is 160 Å². The standard InChI is InChI=1S/C30H35N7O5/c38-27(24-9-5-17-37-25(35-36-26(24)37)11-10-21-12-15-31-16-13-21)33-20-30(28(39)40,23-8-4-14-32-18-23)34-29(41)42-19-22-6-2-1-3-7-22/h1-4,6-8,10-11,14,18,21,24,31H,5,9,12-13,15-17,19-20H2,(H,33,38)(H,34,41)(H,39,40)/b11-10+/t24?,30-/m1/s1. The van der Waals surface area contributed by atoms with Gasteiger partial charge in [-0.15, -0.1) is 10.2 Å². The number of amides is 2. The highest BCUT2D eigenvalue weighted by molar-refractivity contribution is 5.88. The van der Waals surface area contributed by atoms with Gasteiger partial charge in [-0.3, -0.25) is 15.1 Å². The first kappa shape index (κ1) is 28.9. The van der Waals surface area contributed by atoms with Gasteiger partial charge in [0.15, 0.2) is 11.4 Å². The Kier molecular flexibility index (Phi) is 9.22. The third-order valence-electron chi connectivity index (χ3n) is 7.79. The van der Waals surface area contributed by atoms with Crippen LogP contribution in [0.25, 0.3) is 6.08 Å². The number of fused-ring (bicyclic) bond motifs is 1. The van der Waals surface area contributed by atoms with E-state index in [2.05, 4.69) is 37.2 Å². The summed E-state index contributed by atoms with van der Waals surface area (Å²) < 4.78 is 7.27. The Hall–Kier alpha value is -4.58. The number of aliphatic carboxylic acids is 1. The molecule has 2 aliphatic heterocycles. The highest BCUT2D eigenvalue weighted by atomic mass is 16.5. The normalized spacial score (nSPS) is 18.5. The van der Waals surface area contributed by atoms with Gasteiger partial charge in [0.2, 0.25) is 5.91 Å². The maximum atomic E-state index is 13.5. The molecule has 3 aromatic rings. The summed E-state index contributed by atoms with van der Waals surface area (Å²) in [7, 11) is 0. The van der Waals surface area contributed by atoms with Crippen molar-refractivity contribution < 1.29 is 24.2 Å². The SMILES string of the molecule is O=C(N[C@@](CNC(=O)C1CCCn2c(/C=C/C3CCNCC3)nnc21)(C(=O)O)c1cccnc1)OCc1ccccc1. The van der Waals surface area contributed by atoms with Crippen LogP contribution < -0.4 is 16.0 Å². The lowest BCUT2D eigenvalue weighted by Gasteiger charge is -2.31. The van der Waals surface area contributed by atoms with Crippen molar-refractivity contribution >= 4 is 24.0 Å². The zero-order valence-corrected chi connectivity index (χ0v) is 23.2. The second-order valence-electron chi connectivity index (χ2n) is 10.6. The van der Waals surface area contributed by atoms with Crippen molar-refractivity contribution in [3.8, 4) is 0 Å². The molecular weight excluding hydrogens is 538 g/mol. The van der Waals surface area contributed by atoms with E-state index in [-0.39, 0.29) is 12.2 Å². The Morgan fingerprint density at radius 2 is 1.90 bits per heavy atom. The van der Waals surface area contributed by atoms with Crippen LogP contribution >= 0.6 is 0 Å². The Balaban J connectivity index is 1.31. The van der Waals surface area contributed by atoms with E-state index in [0.29, 0.717) is 30.5 Å². The molecule has 1 fully saturated rings. The highest BCUT2D eigenvalue weighted by Gasteiger charge is 2.44. The molecule has 0 radical (unpaired) electrons. The van der Waals surface area contributed by atoms with Crippen molar-refractivity contribution in [3.05, 3.63) is 83.7 Å². The van der Waals surface area contributed by atoms with Gasteiger partial charge in [-0.2, -0.15) is 0 Å². The van der Waals surface area contributed by atoms with Crippen LogP contribution in [0.15, 0.2) is 60.9 Å². The van der Waals surface area contributed by atoms with Crippen LogP contribution in [0.4, 0.5) is 4.79 Å². The summed E-state index contributed by atoms with van der Waals surface area (Å²) in [5.41, 5.74) is -1.09. The van der Waals surface area contributed by atoms with Crippen molar-refractivity contribution in [3.63, 3.8) is 0 Å². The number of alkyl carbamates (subject to hydrolysis) is 1. The van der Waals surface area contributed by atoms with Gasteiger partial charge in [0.25, 0.3) is 0 Å². The molecule has 12 heteroatoms. The summed E-state index contributed by atoms with van der Waals surface area (Å²) in [5.74, 6) is -0.653. The van der Waals surface area contributed by atoms with Crippen molar-refractivity contribution in [2.24, 2.45) is 5.92 Å². The summed E-state index contributed by atoms with van der Waals surface area (Å²) >= 11 is 0. The number of nitrogens with zero attached hydrogens (tertiary/aromatic N) is 4. The highest BCUT2D eigenvalue weighted by Crippen LogP contribution is 2.28. The molecule has 4 N–H and O–H groups in total. The fourth-order valence-corrected chi connectivity index (χ4v) is 5.39. The number of ether oxygens (including phenoxy) is 1. The van der Waals surface area contributed by atoms with Crippen LogP contribution in [-0.2, 0) is 33.0 Å². The van der Waals surface area contributed by atoms with Gasteiger partial charge >= 0.3 is 12.1 Å². The number of carbonyl (C=O) groups excluding carboxylic acids is 2. The molecule has 0 saturated carbocycles. The van der Waals surface area contributed by atoms with Gasteiger partial charge in [-0.25, -0.2) is 9.59 Å². The molecule has 2 aliphatic rings. The van der Waals surface area contributed by atoms with Crippen LogP contribution in [0, 0.1) is 5.92 Å². The largest absolute Gasteiger partial charge is 0.479 e. The predicted molar refractivity (Wildman–Crippen MR) is 153 cm³/mol. The number of rotatable bonds is 10. The summed E-state index contributed by atoms with van der Waals surface area (Å²) in [6, 6.07) is 12.1. The second kappa shape index (κ2) is 13.4. The molecule has 0 bridgehead atoms. The van der Waals surface area contributed by atoms with Crippen molar-refractivity contribution in [2.75, 3.05) is 19.6 Å². The van der Waals surface area contributed by atoms with Gasteiger partial charge in [0.1, 0.15) is 12.4 Å². The number of hydrogen-bond donors (Lipinski definition) is 4. The monoisotopic (exact) mass is 573 g/mol. The van der Waals surface area contributed by atoms with Gasteiger partial charge in [-0.05, 0) is 62.4 Å². The number of aromatic nitrogens is 4. The lowest BCUT2D eigenvalue weighted by Crippen LogP contribution is -2.58. The van der Waals surface area contributed by atoms with Crippen LogP contribution in [0.1, 0.15) is 54.4 Å². The summed E-state index contributed by atoms with van der Waals surface area (Å²) in [6.45, 7) is 2.20. The maximum absolute atomic E-state index is 13.5. The molecule has 5 rings (SSSR count). The zero-order valence-electron chi connectivity index (χ0n) is 23.2. The summed E-state index contributed by atoms with van der Waals surface area (Å²) in [6.07, 6.45) is 9.47. The predicted octanol–water partition coefficient (Wildman–Crippen LogP) is 2.59. The van der Waals surface area contributed by atoms with Gasteiger partial charge < -0.3 is 25.0 Å². The van der Waals surface area contributed by atoms with Gasteiger partial charge in [0, 0.05) is 24.5 Å². The lowest BCUT2D eigenvalue weighted by atomic mass is 9.90. The van der Waals surface area contributed by atoms with Gasteiger partial charge in [-0.1, -0.05) is 42.5 Å². The number of nitrogens with one attached hydrogen (secondary N) is 3. The molecule has 220 valence electrons. The lowest BCUT2D eigenvalue weighted by molar-refractivity contribution is -0.145. The molecule has 2 atom stereocenters. The van der Waals surface area contributed by atoms with E-state index in [1.807, 2.05) is 28.8 Å². The number of benzene rings is 1. The molecule has 4 heterocycles. The quantitative estimate of drug-likeness (QED) is 0.286. The van der Waals surface area contributed by atoms with E-state index in [1.165, 1.54) is 18.5 Å². The van der Waals surface area contributed by atoms with Crippen LogP contribution in [0.2, 0.25) is 0 Å². The number of hydrogen-bond acceptors (Lipinski definition) is 8. The number of carboxylic acids is 1. The smallest absolute Gasteiger partial charge is 0.408 e. The molecule has 1 saturated heterocycles. The fourth-order valence-electron chi connectivity index (χ4n) is 5.39. The van der Waals surface area contributed by atoms with Crippen molar-refractivity contribution in [1.29, 1.82) is 0 Å². The average molecular weight is 574 g/mol. The fraction of sp³-hybridized carbons (Fsp3) is 0.400. The Labute approximate surface area is 243 Å². The first-order valence-electron chi connectivity index (χ1n) is 14.2. The van der Waals surface area contributed by atoms with E-state index in [0.717, 1.165) is 37.9 Å². The second-order valence-corrected chi connectivity index (χ2v) is 10.6. The van der Waals surface area contributed by atoms with Crippen molar-refractivity contribution in [2.45, 2.75) is 50.3 Å². The van der Waals surface area contributed by atoms with Crippen LogP contribution in [-0.4, -0.2) is 62.5 Å². The van der Waals surface area contributed by atoms with E-state index in [1.54, 1.807) is 18.2 Å². The van der Waals surface area contributed by atoms with E-state index in [4.69, 9.17) is 4.74 Å². The molecule has 12 nitrogen and oxygen atoms in total. The first-order valence-corrected chi connectivity index (χ1v) is 14.2. The summed E-state index contributed by atoms with van der Waals surface area (Å²) in [5, 5.41) is 27.7. The minimum Gasteiger partial charge on any atom is -0.479 e. The Morgan fingerprint density at radius 3 is 2.64 bits per heavy atom. The maximum Gasteiger partial charge on any atom is 0.408 e. The number of carbonyl (C=O) groups is 3. The molecule has 0 aliphatic carbocycles. The van der Waals surface area contributed by atoms with Crippen molar-refractivity contribution in [1.82, 2.24) is 35.7 Å². The molecule has 2 aromatic heterocycles. The van der Waals surface area contributed by atoms with E-state index >= 15 is 0 Å². The number of pyridine rings is 1. The minimum absolute atomic E-state index is 0.0477. The van der Waals surface area contributed by atoms with E-state index < -0.39 is 36.0 Å². The Bertz CT molecular complexity index is 1410. The summed E-state index contributed by atoms with van der Waals surface area (Å²) in [4.78, 5) is 43.1. The molecule has 1 aromatic carbocycles. The number of allylic oxidation sites excluding steroid dienone is 1. The molecular formula is C30H35N7O5. The first-order chi connectivity index (χ1) is 20.5. The third kappa shape index (κ3) is 6.65. The van der Waals surface area contributed by atoms with Crippen LogP contribution in [0.3, 0.4) is 0 Å². The minimum atomic E-state index is -2.03. The number of carboxylic acid groups (broad SMARTS) is 1. The zero-order chi connectivity index (χ0) is 29.4. The molecule has 2 amide bonds. The molecule has 42 heavy (non-hydrogen) atoms. The van der Waals surface area contributed by atoms with Crippen LogP contribution in [0.5, 0.6) is 0 Å². The van der Waals surface area contributed by atoms with Gasteiger partial charge in [0.05, 0.1) is 12.5 Å². The molecule has 0 spiro atoms. The average Bonchev–Trinajstić information content (AvgIpc) is 3.45. The third-order valence-corrected chi connectivity index (χ3v) is 7.79.